The van der Waals surface area contributed by atoms with Crippen molar-refractivity contribution in [3.05, 3.63) is 73.2 Å². The van der Waals surface area contributed by atoms with Crippen LogP contribution in [-0.2, 0) is 9.59 Å². The van der Waals surface area contributed by atoms with Crippen LogP contribution >= 0.6 is 0 Å². The van der Waals surface area contributed by atoms with E-state index < -0.39 is 11.9 Å². The molecule has 0 aliphatic rings. The van der Waals surface area contributed by atoms with E-state index in [4.69, 9.17) is 10.2 Å². The second-order valence-electron chi connectivity index (χ2n) is 5.60. The summed E-state index contributed by atoms with van der Waals surface area (Å²) in [6.07, 6.45) is 7.13. The minimum absolute atomic E-state index is 0.319. The number of carbonyl (C=O) groups is 2. The van der Waals surface area contributed by atoms with Gasteiger partial charge in [0.2, 0.25) is 0 Å². The lowest BCUT2D eigenvalue weighted by Crippen LogP contribution is -2.30. The summed E-state index contributed by atoms with van der Waals surface area (Å²) in [6.45, 7) is 0.306. The maximum Gasteiger partial charge on any atom is 0.328 e. The molecule has 28 heavy (non-hydrogen) atoms. The Labute approximate surface area is 160 Å². The number of aliphatic carboxylic acids is 2. The van der Waals surface area contributed by atoms with Crippen molar-refractivity contribution in [3.8, 4) is 0 Å². The average molecular weight is 385 g/mol. The van der Waals surface area contributed by atoms with Gasteiger partial charge in [-0.3, -0.25) is 19.1 Å². The molecule has 2 aromatic heterocycles. The fraction of sp³-hybridized carbons (Fsp3) is 0.150. The molecular formula is C20H20FN3O4. The molecule has 146 valence electrons. The Kier molecular flexibility index (Phi) is 7.71. The number of halogens is 1. The van der Waals surface area contributed by atoms with Gasteiger partial charge in [-0.05, 0) is 30.7 Å². The number of nitrogens with zero attached hydrogens (tertiary/aromatic N) is 3. The third-order valence-corrected chi connectivity index (χ3v) is 3.67. The lowest BCUT2D eigenvalue weighted by molar-refractivity contribution is -0.134. The molecule has 3 rings (SSSR count). The zero-order chi connectivity index (χ0) is 20.4. The smallest absolute Gasteiger partial charge is 0.328 e. The molecule has 0 saturated carbocycles. The van der Waals surface area contributed by atoms with Gasteiger partial charge < -0.3 is 10.2 Å². The van der Waals surface area contributed by atoms with E-state index in [2.05, 4.69) is 32.9 Å². The van der Waals surface area contributed by atoms with Crippen LogP contribution in [0.25, 0.3) is 10.9 Å². The average Bonchev–Trinajstić information content (AvgIpc) is 3.12. The third kappa shape index (κ3) is 5.94. The molecular weight excluding hydrogens is 365 g/mol. The summed E-state index contributed by atoms with van der Waals surface area (Å²) in [7, 11) is 0. The zero-order valence-electron chi connectivity index (χ0n) is 15.0. The predicted molar refractivity (Wildman–Crippen MR) is 104 cm³/mol. The van der Waals surface area contributed by atoms with Gasteiger partial charge >= 0.3 is 11.9 Å². The van der Waals surface area contributed by atoms with Crippen LogP contribution in [0.3, 0.4) is 0 Å². The van der Waals surface area contributed by atoms with E-state index in [0.29, 0.717) is 25.1 Å². The van der Waals surface area contributed by atoms with E-state index >= 15 is 0 Å². The van der Waals surface area contributed by atoms with Crippen LogP contribution in [0, 0.1) is 0 Å². The standard InChI is InChI=1S/C16H16FN3.C4H4O4/c17-9-3-12-19(15-6-10-18-11-7-15)20-13-8-14-4-1-2-5-16(14)20;5-3(6)1-2-4(7)8/h1-2,4-8,10-11,13H,3,9,12H2;1-2H,(H,5,6)(H,7,8)/b;2-1-. The number of para-hydroxylation sites is 1. The van der Waals surface area contributed by atoms with E-state index in [-0.39, 0.29) is 6.67 Å². The Morgan fingerprint density at radius 3 is 2.29 bits per heavy atom. The summed E-state index contributed by atoms with van der Waals surface area (Å²) in [6, 6.07) is 14.1. The van der Waals surface area contributed by atoms with Crippen molar-refractivity contribution in [1.82, 2.24) is 9.66 Å². The number of anilines is 1. The number of benzene rings is 1. The number of carboxylic acids is 2. The lowest BCUT2D eigenvalue weighted by atomic mass is 10.2. The first-order valence-electron chi connectivity index (χ1n) is 8.46. The Morgan fingerprint density at radius 2 is 1.68 bits per heavy atom. The summed E-state index contributed by atoms with van der Waals surface area (Å²) >= 11 is 0. The first-order chi connectivity index (χ1) is 13.5. The molecule has 0 bridgehead atoms. The Morgan fingerprint density at radius 1 is 1.04 bits per heavy atom. The van der Waals surface area contributed by atoms with Crippen LogP contribution in [0.15, 0.2) is 73.2 Å². The highest BCUT2D eigenvalue weighted by Gasteiger charge is 2.10. The van der Waals surface area contributed by atoms with Crippen molar-refractivity contribution < 1.29 is 24.2 Å². The molecule has 0 unspecified atom stereocenters. The SMILES string of the molecule is FCCCN(c1ccncc1)n1ccc2ccccc21.O=C(O)/C=C\C(=O)O. The van der Waals surface area contributed by atoms with Crippen LogP contribution in [0.4, 0.5) is 10.1 Å². The van der Waals surface area contributed by atoms with Gasteiger partial charge in [0.15, 0.2) is 0 Å². The van der Waals surface area contributed by atoms with Crippen LogP contribution in [0.1, 0.15) is 6.42 Å². The highest BCUT2D eigenvalue weighted by Crippen LogP contribution is 2.21. The number of carboxylic acid groups (broad SMARTS) is 2. The molecule has 0 fully saturated rings. The van der Waals surface area contributed by atoms with E-state index in [1.165, 1.54) is 5.39 Å². The summed E-state index contributed by atoms with van der Waals surface area (Å²) in [5, 5.41) is 18.9. The van der Waals surface area contributed by atoms with Crippen LogP contribution in [-0.4, -0.2) is 45.0 Å². The molecule has 0 aliphatic heterocycles. The Balaban J connectivity index is 0.000000300. The predicted octanol–water partition coefficient (Wildman–Crippen LogP) is 3.38. The Bertz CT molecular complexity index is 925. The maximum absolute atomic E-state index is 12.6. The van der Waals surface area contributed by atoms with Gasteiger partial charge in [0.1, 0.15) is 0 Å². The van der Waals surface area contributed by atoms with Gasteiger partial charge in [0, 0.05) is 42.7 Å². The normalized spacial score (nSPS) is 10.5. The van der Waals surface area contributed by atoms with Crippen molar-refractivity contribution in [1.29, 1.82) is 0 Å². The number of hydrogen-bond acceptors (Lipinski definition) is 4. The number of hydrogen-bond donors (Lipinski definition) is 2. The monoisotopic (exact) mass is 385 g/mol. The summed E-state index contributed by atoms with van der Waals surface area (Å²) in [4.78, 5) is 23.1. The molecule has 8 heteroatoms. The highest BCUT2D eigenvalue weighted by molar-refractivity contribution is 5.89. The summed E-state index contributed by atoms with van der Waals surface area (Å²) < 4.78 is 14.6. The van der Waals surface area contributed by atoms with Crippen LogP contribution in [0.2, 0.25) is 0 Å². The van der Waals surface area contributed by atoms with Gasteiger partial charge in [-0.15, -0.1) is 0 Å². The molecule has 0 radical (unpaired) electrons. The molecule has 0 atom stereocenters. The maximum atomic E-state index is 12.6. The fourth-order valence-electron chi connectivity index (χ4n) is 2.51. The van der Waals surface area contributed by atoms with Crippen molar-refractivity contribution in [3.63, 3.8) is 0 Å². The second kappa shape index (κ2) is 10.5. The topological polar surface area (TPSA) is 95.7 Å². The van der Waals surface area contributed by atoms with E-state index in [1.54, 1.807) is 12.4 Å². The molecule has 7 nitrogen and oxygen atoms in total. The largest absolute Gasteiger partial charge is 0.478 e. The third-order valence-electron chi connectivity index (χ3n) is 3.67. The van der Waals surface area contributed by atoms with Gasteiger partial charge in [-0.1, -0.05) is 18.2 Å². The van der Waals surface area contributed by atoms with Crippen LogP contribution < -0.4 is 5.01 Å². The Hall–Kier alpha value is -3.68. The lowest BCUT2D eigenvalue weighted by Gasteiger charge is -2.26. The van der Waals surface area contributed by atoms with E-state index in [1.807, 2.05) is 30.5 Å². The highest BCUT2D eigenvalue weighted by atomic mass is 19.1. The van der Waals surface area contributed by atoms with Crippen molar-refractivity contribution in [2.75, 3.05) is 18.2 Å². The summed E-state index contributed by atoms with van der Waals surface area (Å²) in [5.41, 5.74) is 2.12. The molecule has 0 amide bonds. The molecule has 0 saturated heterocycles. The van der Waals surface area contributed by atoms with E-state index in [9.17, 15) is 14.0 Å². The van der Waals surface area contributed by atoms with E-state index in [0.717, 1.165) is 11.2 Å². The molecule has 1 aromatic carbocycles. The molecule has 2 N–H and O–H groups in total. The van der Waals surface area contributed by atoms with Crippen molar-refractivity contribution in [2.24, 2.45) is 0 Å². The van der Waals surface area contributed by atoms with Crippen LogP contribution in [0.5, 0.6) is 0 Å². The second-order valence-corrected chi connectivity index (χ2v) is 5.60. The van der Waals surface area contributed by atoms with Gasteiger partial charge in [-0.2, -0.15) is 0 Å². The fourth-order valence-corrected chi connectivity index (χ4v) is 2.51. The summed E-state index contributed by atoms with van der Waals surface area (Å²) in [5.74, 6) is -2.51. The quantitative estimate of drug-likeness (QED) is 0.606. The first-order valence-corrected chi connectivity index (χ1v) is 8.46. The first kappa shape index (κ1) is 20.6. The van der Waals surface area contributed by atoms with Gasteiger partial charge in [0.05, 0.1) is 17.9 Å². The van der Waals surface area contributed by atoms with Gasteiger partial charge in [-0.25, -0.2) is 9.59 Å². The zero-order valence-corrected chi connectivity index (χ0v) is 15.0. The minimum atomic E-state index is -1.26. The number of fused-ring (bicyclic) bond motifs is 1. The minimum Gasteiger partial charge on any atom is -0.478 e. The van der Waals surface area contributed by atoms with Crippen molar-refractivity contribution >= 4 is 28.5 Å². The number of alkyl halides is 1. The van der Waals surface area contributed by atoms with Gasteiger partial charge in [0.25, 0.3) is 0 Å². The molecule has 0 spiro atoms. The van der Waals surface area contributed by atoms with Crippen molar-refractivity contribution in [2.45, 2.75) is 6.42 Å². The number of pyridine rings is 1. The number of aromatic nitrogens is 2. The number of rotatable bonds is 7. The molecule has 0 aliphatic carbocycles. The molecule has 3 aromatic rings. The molecule has 2 heterocycles.